The van der Waals surface area contributed by atoms with Gasteiger partial charge < -0.3 is 5.32 Å². The van der Waals surface area contributed by atoms with Crippen molar-refractivity contribution in [1.82, 2.24) is 5.32 Å². The monoisotopic (exact) mass is 382 g/mol. The van der Waals surface area contributed by atoms with Gasteiger partial charge in [0.1, 0.15) is 11.9 Å². The van der Waals surface area contributed by atoms with E-state index in [1.807, 2.05) is 0 Å². The largest absolute Gasteiger partial charge is 0.416 e. The van der Waals surface area contributed by atoms with Gasteiger partial charge in [0.05, 0.1) is 11.6 Å². The van der Waals surface area contributed by atoms with Gasteiger partial charge in [-0.25, -0.2) is 4.39 Å². The Morgan fingerprint density at radius 1 is 1.23 bits per heavy atom. The van der Waals surface area contributed by atoms with E-state index in [0.29, 0.717) is 0 Å². The van der Waals surface area contributed by atoms with Crippen molar-refractivity contribution in [2.24, 2.45) is 0 Å². The molecule has 2 aromatic carbocycles. The first kappa shape index (κ1) is 19.5. The highest BCUT2D eigenvalue weighted by Crippen LogP contribution is 2.32. The molecule has 8 heteroatoms. The third-order valence-electron chi connectivity index (χ3n) is 3.37. The Morgan fingerprint density at radius 3 is 2.54 bits per heavy atom. The molecular weight excluding hydrogens is 372 g/mol. The van der Waals surface area contributed by atoms with Gasteiger partial charge in [-0.1, -0.05) is 29.8 Å². The minimum Gasteiger partial charge on any atom is -0.333 e. The first-order valence-electron chi connectivity index (χ1n) is 7.21. The van der Waals surface area contributed by atoms with Gasteiger partial charge in [-0.3, -0.25) is 4.79 Å². The molecule has 0 aliphatic heterocycles. The molecule has 0 aliphatic rings. The molecule has 26 heavy (non-hydrogen) atoms. The van der Waals surface area contributed by atoms with Gasteiger partial charge in [-0.15, -0.1) is 0 Å². The Bertz CT molecular complexity index is 887. The summed E-state index contributed by atoms with van der Waals surface area (Å²) in [7, 11) is 0. The number of carbonyl (C=O) groups is 1. The minimum atomic E-state index is -4.55. The Morgan fingerprint density at radius 2 is 1.92 bits per heavy atom. The molecule has 1 unspecified atom stereocenters. The van der Waals surface area contributed by atoms with Crippen LogP contribution in [-0.2, 0) is 11.0 Å². The number of rotatable bonds is 4. The zero-order valence-corrected chi connectivity index (χ0v) is 13.8. The molecule has 0 radical (unpaired) electrons. The molecule has 2 rings (SSSR count). The van der Waals surface area contributed by atoms with E-state index < -0.39 is 29.5 Å². The molecule has 1 amide bonds. The number of hydrogen-bond donors (Lipinski definition) is 1. The van der Waals surface area contributed by atoms with Gasteiger partial charge in [0.15, 0.2) is 0 Å². The summed E-state index contributed by atoms with van der Waals surface area (Å²) in [5.41, 5.74) is -0.951. The van der Waals surface area contributed by atoms with Gasteiger partial charge in [0.25, 0.3) is 0 Å². The zero-order valence-electron chi connectivity index (χ0n) is 13.0. The standard InChI is InChI=1S/C18H11ClF4N2O/c19-14-7-6-12(18(21,22)23)9-11(14)5-8-17(26)25-16(10-24)13-3-1-2-4-15(13)20/h1-9,16H,(H,25,26)/b8-5+. The normalized spacial score (nSPS) is 12.6. The van der Waals surface area contributed by atoms with Gasteiger partial charge >= 0.3 is 6.18 Å². The molecule has 0 spiro atoms. The van der Waals surface area contributed by atoms with E-state index in [2.05, 4.69) is 5.32 Å². The second kappa shape index (κ2) is 8.02. The van der Waals surface area contributed by atoms with Crippen molar-refractivity contribution in [2.45, 2.75) is 12.2 Å². The SMILES string of the molecule is N#CC(NC(=O)/C=C/c1cc(C(F)(F)F)ccc1Cl)c1ccccc1F. The molecule has 0 aromatic heterocycles. The Balaban J connectivity index is 2.17. The molecule has 0 fully saturated rings. The number of hydrogen-bond acceptors (Lipinski definition) is 2. The average molecular weight is 383 g/mol. The highest BCUT2D eigenvalue weighted by Gasteiger charge is 2.30. The maximum absolute atomic E-state index is 13.7. The molecular formula is C18H11ClF4N2O. The van der Waals surface area contributed by atoms with Crippen LogP contribution < -0.4 is 5.32 Å². The van der Waals surface area contributed by atoms with Crippen molar-refractivity contribution >= 4 is 23.6 Å². The van der Waals surface area contributed by atoms with Crippen molar-refractivity contribution in [1.29, 1.82) is 5.26 Å². The van der Waals surface area contributed by atoms with Crippen molar-refractivity contribution in [3.63, 3.8) is 0 Å². The summed E-state index contributed by atoms with van der Waals surface area (Å²) in [5, 5.41) is 11.4. The second-order valence-corrected chi connectivity index (χ2v) is 5.57. The molecule has 0 saturated heterocycles. The number of nitrogens with one attached hydrogen (secondary N) is 1. The molecule has 2 aromatic rings. The fourth-order valence-corrected chi connectivity index (χ4v) is 2.27. The average Bonchev–Trinajstić information content (AvgIpc) is 2.58. The zero-order chi connectivity index (χ0) is 19.3. The fourth-order valence-electron chi connectivity index (χ4n) is 2.09. The van der Waals surface area contributed by atoms with E-state index in [4.69, 9.17) is 16.9 Å². The number of nitriles is 1. The minimum absolute atomic E-state index is 0.0176. The molecule has 0 aliphatic carbocycles. The van der Waals surface area contributed by atoms with E-state index in [9.17, 15) is 22.4 Å². The number of amides is 1. The first-order valence-corrected chi connectivity index (χ1v) is 7.59. The second-order valence-electron chi connectivity index (χ2n) is 5.16. The number of benzene rings is 2. The number of halogens is 5. The molecule has 0 bridgehead atoms. The van der Waals surface area contributed by atoms with E-state index in [1.54, 1.807) is 6.07 Å². The molecule has 1 atom stereocenters. The van der Waals surface area contributed by atoms with E-state index in [1.165, 1.54) is 18.2 Å². The summed E-state index contributed by atoms with van der Waals surface area (Å²) in [6.45, 7) is 0. The lowest BCUT2D eigenvalue weighted by Crippen LogP contribution is -2.26. The maximum atomic E-state index is 13.7. The molecule has 0 saturated carbocycles. The van der Waals surface area contributed by atoms with Crippen LogP contribution in [0.1, 0.15) is 22.7 Å². The lowest BCUT2D eigenvalue weighted by molar-refractivity contribution is -0.137. The number of alkyl halides is 3. The summed E-state index contributed by atoms with van der Waals surface area (Å²) in [4.78, 5) is 11.9. The Labute approximate surface area is 151 Å². The third-order valence-corrected chi connectivity index (χ3v) is 3.71. The van der Waals surface area contributed by atoms with Crippen molar-refractivity contribution in [2.75, 3.05) is 0 Å². The maximum Gasteiger partial charge on any atom is 0.416 e. The summed E-state index contributed by atoms with van der Waals surface area (Å²) in [5.74, 6) is -1.45. The highest BCUT2D eigenvalue weighted by atomic mass is 35.5. The smallest absolute Gasteiger partial charge is 0.333 e. The van der Waals surface area contributed by atoms with Gasteiger partial charge in [0, 0.05) is 16.7 Å². The lowest BCUT2D eigenvalue weighted by atomic mass is 10.1. The van der Waals surface area contributed by atoms with Crippen LogP contribution in [0.2, 0.25) is 5.02 Å². The predicted molar refractivity (Wildman–Crippen MR) is 88.4 cm³/mol. The van der Waals surface area contributed by atoms with Crippen LogP contribution in [0, 0.1) is 17.1 Å². The van der Waals surface area contributed by atoms with Crippen LogP contribution >= 0.6 is 11.6 Å². The third kappa shape index (κ3) is 4.83. The molecule has 1 N–H and O–H groups in total. The summed E-state index contributed by atoms with van der Waals surface area (Å²) < 4.78 is 51.9. The summed E-state index contributed by atoms with van der Waals surface area (Å²) in [6.07, 6.45) is -2.54. The van der Waals surface area contributed by atoms with Crippen LogP contribution in [0.4, 0.5) is 17.6 Å². The molecule has 134 valence electrons. The van der Waals surface area contributed by atoms with Crippen LogP contribution in [-0.4, -0.2) is 5.91 Å². The summed E-state index contributed by atoms with van der Waals surface area (Å²) >= 11 is 5.83. The Hall–Kier alpha value is -2.85. The molecule has 3 nitrogen and oxygen atoms in total. The van der Waals surface area contributed by atoms with Crippen molar-refractivity contribution < 1.29 is 22.4 Å². The van der Waals surface area contributed by atoms with Crippen LogP contribution in [0.5, 0.6) is 0 Å². The quantitative estimate of drug-likeness (QED) is 0.604. The molecule has 0 heterocycles. The fraction of sp³-hybridized carbons (Fsp3) is 0.111. The van der Waals surface area contributed by atoms with Crippen LogP contribution in [0.25, 0.3) is 6.08 Å². The summed E-state index contributed by atoms with van der Waals surface area (Å²) in [6, 6.07) is 8.62. The van der Waals surface area contributed by atoms with E-state index >= 15 is 0 Å². The number of carbonyl (C=O) groups excluding carboxylic acids is 1. The van der Waals surface area contributed by atoms with Crippen molar-refractivity contribution in [3.05, 3.63) is 76.1 Å². The van der Waals surface area contributed by atoms with Gasteiger partial charge in [0.2, 0.25) is 5.91 Å². The predicted octanol–water partition coefficient (Wildman–Crippen LogP) is 4.89. The lowest BCUT2D eigenvalue weighted by Gasteiger charge is -2.11. The van der Waals surface area contributed by atoms with Crippen LogP contribution in [0.15, 0.2) is 48.5 Å². The van der Waals surface area contributed by atoms with Crippen molar-refractivity contribution in [3.8, 4) is 6.07 Å². The first-order chi connectivity index (χ1) is 12.2. The van der Waals surface area contributed by atoms with E-state index in [0.717, 1.165) is 36.4 Å². The van der Waals surface area contributed by atoms with E-state index in [-0.39, 0.29) is 16.1 Å². The number of nitrogens with zero attached hydrogens (tertiary/aromatic N) is 1. The van der Waals surface area contributed by atoms with Gasteiger partial charge in [-0.05, 0) is 35.9 Å². The Kier molecular flexibility index (Phi) is 6.01. The topological polar surface area (TPSA) is 52.9 Å². The van der Waals surface area contributed by atoms with Crippen LogP contribution in [0.3, 0.4) is 0 Å². The van der Waals surface area contributed by atoms with Gasteiger partial charge in [-0.2, -0.15) is 18.4 Å². The highest BCUT2D eigenvalue weighted by molar-refractivity contribution is 6.32.